The maximum absolute atomic E-state index is 12.1. The third-order valence-corrected chi connectivity index (χ3v) is 4.25. The first kappa shape index (κ1) is 16.6. The molecule has 5 heteroatoms. The van der Waals surface area contributed by atoms with Crippen molar-refractivity contribution in [2.75, 3.05) is 0 Å². The van der Waals surface area contributed by atoms with E-state index in [1.807, 2.05) is 31.5 Å². The highest BCUT2D eigenvalue weighted by molar-refractivity contribution is 8.00. The van der Waals surface area contributed by atoms with Crippen LogP contribution in [0.1, 0.15) is 31.9 Å². The van der Waals surface area contributed by atoms with Crippen molar-refractivity contribution in [2.24, 2.45) is 0 Å². The van der Waals surface area contributed by atoms with E-state index in [2.05, 4.69) is 42.3 Å². The molecule has 0 spiro atoms. The number of aromatic nitrogens is 2. The topological polar surface area (TPSA) is 46.9 Å². The number of carbonyl (C=O) groups is 1. The van der Waals surface area contributed by atoms with Crippen LogP contribution in [0.5, 0.6) is 0 Å². The lowest BCUT2D eigenvalue weighted by Crippen LogP contribution is -2.36. The molecule has 1 atom stereocenters. The third kappa shape index (κ3) is 4.13. The molecule has 2 aromatic rings. The number of aryl methyl sites for hydroxylation is 2. The number of nitrogens with one attached hydrogen (secondary N) is 1. The average Bonchev–Trinajstić information content (AvgIpc) is 2.84. The molecule has 2 rings (SSSR count). The van der Waals surface area contributed by atoms with Gasteiger partial charge in [0.1, 0.15) is 0 Å². The van der Waals surface area contributed by atoms with Gasteiger partial charge in [0.2, 0.25) is 5.91 Å². The number of thioether (sulfide) groups is 1. The van der Waals surface area contributed by atoms with Crippen molar-refractivity contribution in [3.05, 3.63) is 41.7 Å². The summed E-state index contributed by atoms with van der Waals surface area (Å²) < 4.78 is 2.03. The normalized spacial score (nSPS) is 12.5. The Bertz CT molecular complexity index is 643. The second-order valence-corrected chi connectivity index (χ2v) is 7.16. The Morgan fingerprint density at radius 2 is 1.82 bits per heavy atom. The highest BCUT2D eigenvalue weighted by atomic mass is 32.2. The van der Waals surface area contributed by atoms with Crippen LogP contribution in [0, 0.1) is 13.8 Å². The van der Waals surface area contributed by atoms with Crippen molar-refractivity contribution in [1.29, 1.82) is 0 Å². The van der Waals surface area contributed by atoms with Crippen molar-refractivity contribution >= 4 is 17.7 Å². The fraction of sp³-hybridized carbons (Fsp3) is 0.412. The van der Waals surface area contributed by atoms with Crippen molar-refractivity contribution in [3.63, 3.8) is 0 Å². The molecule has 0 saturated heterocycles. The molecule has 1 heterocycles. The average molecular weight is 317 g/mol. The smallest absolute Gasteiger partial charge is 0.233 e. The predicted octanol–water partition coefficient (Wildman–Crippen LogP) is 3.49. The molecule has 1 aromatic heterocycles. The number of hydrogen-bond donors (Lipinski definition) is 1. The first-order valence-corrected chi connectivity index (χ1v) is 8.34. The second-order valence-electron chi connectivity index (χ2n) is 5.85. The number of rotatable bonds is 5. The fourth-order valence-corrected chi connectivity index (χ4v) is 3.17. The molecule has 0 saturated carbocycles. The van der Waals surface area contributed by atoms with Gasteiger partial charge in [-0.3, -0.25) is 9.36 Å². The Kier molecular flexibility index (Phi) is 5.29. The van der Waals surface area contributed by atoms with Gasteiger partial charge in [0.05, 0.1) is 5.25 Å². The molecular weight excluding hydrogens is 294 g/mol. The lowest BCUT2D eigenvalue weighted by Gasteiger charge is -2.15. The van der Waals surface area contributed by atoms with Crippen molar-refractivity contribution in [1.82, 2.24) is 14.9 Å². The predicted molar refractivity (Wildman–Crippen MR) is 91.6 cm³/mol. The standard InChI is InChI=1S/C17H23N3OS/c1-11(2)19-16(21)14(5)22-17-18-6-7-20(17)15-9-12(3)8-13(4)10-15/h6-11,14H,1-5H3,(H,19,21). The molecule has 0 aliphatic heterocycles. The molecule has 1 aromatic carbocycles. The van der Waals surface area contributed by atoms with Crippen LogP contribution in [0.25, 0.3) is 5.69 Å². The number of benzene rings is 1. The molecule has 22 heavy (non-hydrogen) atoms. The van der Waals surface area contributed by atoms with E-state index >= 15 is 0 Å². The van der Waals surface area contributed by atoms with E-state index in [9.17, 15) is 4.79 Å². The van der Waals surface area contributed by atoms with Crippen LogP contribution in [0.15, 0.2) is 35.7 Å². The first-order chi connectivity index (χ1) is 10.4. The zero-order chi connectivity index (χ0) is 16.3. The zero-order valence-electron chi connectivity index (χ0n) is 13.8. The minimum absolute atomic E-state index is 0.0370. The van der Waals surface area contributed by atoms with E-state index in [-0.39, 0.29) is 17.2 Å². The Morgan fingerprint density at radius 1 is 1.18 bits per heavy atom. The van der Waals surface area contributed by atoms with Crippen molar-refractivity contribution < 1.29 is 4.79 Å². The van der Waals surface area contributed by atoms with E-state index in [1.165, 1.54) is 22.9 Å². The monoisotopic (exact) mass is 317 g/mol. The molecule has 4 nitrogen and oxygen atoms in total. The highest BCUT2D eigenvalue weighted by Gasteiger charge is 2.18. The molecule has 1 amide bonds. The van der Waals surface area contributed by atoms with Crippen molar-refractivity contribution in [3.8, 4) is 5.69 Å². The summed E-state index contributed by atoms with van der Waals surface area (Å²) in [6.07, 6.45) is 3.71. The summed E-state index contributed by atoms with van der Waals surface area (Å²) in [6.45, 7) is 10.00. The van der Waals surface area contributed by atoms with Gasteiger partial charge < -0.3 is 5.32 Å². The molecule has 1 unspecified atom stereocenters. The van der Waals surface area contributed by atoms with Gasteiger partial charge >= 0.3 is 0 Å². The van der Waals surface area contributed by atoms with Gasteiger partial charge in [-0.15, -0.1) is 0 Å². The van der Waals surface area contributed by atoms with Gasteiger partial charge in [0.25, 0.3) is 0 Å². The fourth-order valence-electron chi connectivity index (χ4n) is 2.28. The summed E-state index contributed by atoms with van der Waals surface area (Å²) in [7, 11) is 0. The number of carbonyl (C=O) groups excluding carboxylic acids is 1. The van der Waals surface area contributed by atoms with E-state index in [1.54, 1.807) is 6.20 Å². The molecule has 0 radical (unpaired) electrons. The maximum Gasteiger partial charge on any atom is 0.233 e. The van der Waals surface area contributed by atoms with Gasteiger partial charge in [-0.1, -0.05) is 17.8 Å². The summed E-state index contributed by atoms with van der Waals surface area (Å²) in [4.78, 5) is 16.5. The molecule has 0 fully saturated rings. The van der Waals surface area contributed by atoms with Crippen LogP contribution in [-0.2, 0) is 4.79 Å². The summed E-state index contributed by atoms with van der Waals surface area (Å²) in [5, 5.41) is 3.58. The Labute approximate surface area is 136 Å². The lowest BCUT2D eigenvalue weighted by atomic mass is 10.1. The number of hydrogen-bond acceptors (Lipinski definition) is 3. The van der Waals surface area contributed by atoms with E-state index in [0.29, 0.717) is 0 Å². The first-order valence-electron chi connectivity index (χ1n) is 7.46. The largest absolute Gasteiger partial charge is 0.353 e. The van der Waals surface area contributed by atoms with Gasteiger partial charge in [0, 0.05) is 24.1 Å². The number of nitrogens with zero attached hydrogens (tertiary/aromatic N) is 2. The summed E-state index contributed by atoms with van der Waals surface area (Å²) >= 11 is 1.47. The van der Waals surface area contributed by atoms with Crippen LogP contribution in [0.3, 0.4) is 0 Å². The SMILES string of the molecule is Cc1cc(C)cc(-n2ccnc2SC(C)C(=O)NC(C)C)c1. The van der Waals surface area contributed by atoms with Crippen LogP contribution in [-0.4, -0.2) is 26.8 Å². The molecule has 0 bridgehead atoms. The molecule has 0 aliphatic carbocycles. The van der Waals surface area contributed by atoms with Crippen LogP contribution >= 0.6 is 11.8 Å². The van der Waals surface area contributed by atoms with E-state index in [0.717, 1.165) is 10.8 Å². The van der Waals surface area contributed by atoms with E-state index in [4.69, 9.17) is 0 Å². The Morgan fingerprint density at radius 3 is 2.41 bits per heavy atom. The summed E-state index contributed by atoms with van der Waals surface area (Å²) in [5.74, 6) is 0.0370. The minimum atomic E-state index is -0.186. The Hall–Kier alpha value is -1.75. The van der Waals surface area contributed by atoms with Crippen molar-refractivity contribution in [2.45, 2.75) is 51.1 Å². The number of amides is 1. The van der Waals surface area contributed by atoms with Gasteiger partial charge in [-0.25, -0.2) is 4.98 Å². The molecule has 1 N–H and O–H groups in total. The third-order valence-electron chi connectivity index (χ3n) is 3.17. The number of imidazole rings is 1. The van der Waals surface area contributed by atoms with Gasteiger partial charge in [-0.2, -0.15) is 0 Å². The second kappa shape index (κ2) is 7.01. The lowest BCUT2D eigenvalue weighted by molar-refractivity contribution is -0.120. The van der Waals surface area contributed by atoms with Crippen LogP contribution in [0.4, 0.5) is 0 Å². The molecular formula is C17H23N3OS. The van der Waals surface area contributed by atoms with Gasteiger partial charge in [0.15, 0.2) is 5.16 Å². The minimum Gasteiger partial charge on any atom is -0.353 e. The summed E-state index contributed by atoms with van der Waals surface area (Å²) in [5.41, 5.74) is 3.50. The van der Waals surface area contributed by atoms with Gasteiger partial charge in [-0.05, 0) is 57.9 Å². The molecule has 118 valence electrons. The summed E-state index contributed by atoms with van der Waals surface area (Å²) in [6, 6.07) is 6.54. The van der Waals surface area contributed by atoms with Crippen LogP contribution in [0.2, 0.25) is 0 Å². The van der Waals surface area contributed by atoms with E-state index < -0.39 is 0 Å². The highest BCUT2D eigenvalue weighted by Crippen LogP contribution is 2.25. The molecule has 0 aliphatic rings. The Balaban J connectivity index is 2.21. The van der Waals surface area contributed by atoms with Crippen LogP contribution < -0.4 is 5.32 Å². The maximum atomic E-state index is 12.1. The quantitative estimate of drug-likeness (QED) is 0.859. The zero-order valence-corrected chi connectivity index (χ0v) is 14.6.